The minimum absolute atomic E-state index is 0.0989. The number of carbonyl (C=O) groups is 2. The van der Waals surface area contributed by atoms with Crippen molar-refractivity contribution in [3.05, 3.63) is 53.6 Å². The van der Waals surface area contributed by atoms with Crippen LogP contribution in [0.3, 0.4) is 0 Å². The maximum Gasteiger partial charge on any atom is 0.244 e. The van der Waals surface area contributed by atoms with Gasteiger partial charge in [0.05, 0.1) is 11.9 Å². The third kappa shape index (κ3) is 7.44. The van der Waals surface area contributed by atoms with Crippen LogP contribution in [0.15, 0.2) is 42.5 Å². The molecule has 4 rings (SSSR count). The molecule has 1 N–H and O–H groups in total. The molecule has 1 fully saturated rings. The summed E-state index contributed by atoms with van der Waals surface area (Å²) < 4.78 is 38.0. The maximum absolute atomic E-state index is 13.9. The lowest BCUT2D eigenvalue weighted by Gasteiger charge is -2.34. The number of sulfonamides is 1. The first-order chi connectivity index (χ1) is 18.7. The van der Waals surface area contributed by atoms with E-state index in [1.807, 2.05) is 38.1 Å². The zero-order valence-electron chi connectivity index (χ0n) is 23.0. The molecule has 0 bridgehead atoms. The molecule has 2 amide bonds. The van der Waals surface area contributed by atoms with Gasteiger partial charge in [-0.05, 0) is 43.9 Å². The topological polar surface area (TPSA) is 105 Å². The predicted octanol–water partition coefficient (Wildman–Crippen LogP) is 3.79. The molecule has 2 aromatic carbocycles. The van der Waals surface area contributed by atoms with Gasteiger partial charge in [-0.25, -0.2) is 8.42 Å². The minimum atomic E-state index is -3.84. The summed E-state index contributed by atoms with van der Waals surface area (Å²) in [6.45, 7) is 4.36. The van der Waals surface area contributed by atoms with E-state index < -0.39 is 28.5 Å². The van der Waals surface area contributed by atoms with Gasteiger partial charge in [-0.2, -0.15) is 0 Å². The molecule has 1 heterocycles. The molecule has 1 aliphatic carbocycles. The average molecular weight is 558 g/mol. The van der Waals surface area contributed by atoms with Crippen LogP contribution in [0.5, 0.6) is 11.5 Å². The number of fused-ring (bicyclic) bond motifs is 1. The summed E-state index contributed by atoms with van der Waals surface area (Å²) in [4.78, 5) is 28.9. The molecule has 1 aliphatic heterocycles. The van der Waals surface area contributed by atoms with E-state index in [1.165, 1.54) is 11.3 Å². The number of nitrogens with one attached hydrogen (secondary N) is 1. The van der Waals surface area contributed by atoms with E-state index in [2.05, 4.69) is 5.32 Å². The molecule has 10 heteroatoms. The van der Waals surface area contributed by atoms with E-state index in [0.29, 0.717) is 36.8 Å². The third-order valence-corrected chi connectivity index (χ3v) is 8.44. The highest BCUT2D eigenvalue weighted by molar-refractivity contribution is 7.92. The molecule has 2 aliphatic rings. The highest BCUT2D eigenvalue weighted by Gasteiger charge is 2.33. The quantitative estimate of drug-likeness (QED) is 0.477. The number of anilines is 1. The van der Waals surface area contributed by atoms with Crippen molar-refractivity contribution in [3.8, 4) is 11.5 Å². The van der Waals surface area contributed by atoms with Crippen LogP contribution in [0.2, 0.25) is 0 Å². The molecule has 0 aromatic heterocycles. The second-order valence-electron chi connectivity index (χ2n) is 10.4. The molecule has 0 spiro atoms. The highest BCUT2D eigenvalue weighted by Crippen LogP contribution is 2.34. The number of aryl methyl sites for hydroxylation is 1. The van der Waals surface area contributed by atoms with Crippen molar-refractivity contribution in [2.75, 3.05) is 30.3 Å². The summed E-state index contributed by atoms with van der Waals surface area (Å²) in [6, 6.07) is 11.9. The van der Waals surface area contributed by atoms with Gasteiger partial charge in [0.25, 0.3) is 0 Å². The van der Waals surface area contributed by atoms with Crippen LogP contribution in [0, 0.1) is 6.92 Å². The lowest BCUT2D eigenvalue weighted by molar-refractivity contribution is -0.140. The Hall–Kier alpha value is -3.27. The number of rotatable bonds is 10. The average Bonchev–Trinajstić information content (AvgIpc) is 2.92. The van der Waals surface area contributed by atoms with Crippen molar-refractivity contribution < 1.29 is 27.5 Å². The van der Waals surface area contributed by atoms with Gasteiger partial charge in [0.1, 0.15) is 25.8 Å². The number of carbonyl (C=O) groups excluding carboxylic acids is 2. The van der Waals surface area contributed by atoms with E-state index >= 15 is 0 Å². The molecule has 2 aromatic rings. The Morgan fingerprint density at radius 3 is 2.31 bits per heavy atom. The maximum atomic E-state index is 13.9. The highest BCUT2D eigenvalue weighted by atomic mass is 32.2. The lowest BCUT2D eigenvalue weighted by atomic mass is 9.95. The van der Waals surface area contributed by atoms with Gasteiger partial charge in [0.2, 0.25) is 21.8 Å². The molecular formula is C29H39N3O6S. The number of ether oxygens (including phenoxy) is 2. The first-order valence-corrected chi connectivity index (χ1v) is 15.5. The Bertz CT molecular complexity index is 1260. The Kier molecular flexibility index (Phi) is 9.37. The first-order valence-electron chi connectivity index (χ1n) is 13.7. The van der Waals surface area contributed by atoms with E-state index in [-0.39, 0.29) is 18.5 Å². The second kappa shape index (κ2) is 12.7. The van der Waals surface area contributed by atoms with Crippen LogP contribution in [0.1, 0.15) is 56.6 Å². The third-order valence-electron chi connectivity index (χ3n) is 7.30. The lowest BCUT2D eigenvalue weighted by Crippen LogP contribution is -2.53. The second-order valence-corrected chi connectivity index (χ2v) is 12.3. The predicted molar refractivity (Wildman–Crippen MR) is 150 cm³/mol. The van der Waals surface area contributed by atoms with Crippen LogP contribution < -0.4 is 19.1 Å². The zero-order chi connectivity index (χ0) is 28.0. The van der Waals surface area contributed by atoms with Crippen LogP contribution in [-0.4, -0.2) is 63.2 Å². The van der Waals surface area contributed by atoms with Crippen LogP contribution in [0.4, 0.5) is 5.69 Å². The van der Waals surface area contributed by atoms with Gasteiger partial charge in [-0.1, -0.05) is 56.0 Å². The Balaban J connectivity index is 1.62. The summed E-state index contributed by atoms with van der Waals surface area (Å²) in [5.74, 6) is 0.294. The normalized spacial score (nSPS) is 16.3. The summed E-state index contributed by atoms with van der Waals surface area (Å²) in [5.41, 5.74) is 2.24. The fourth-order valence-corrected chi connectivity index (χ4v) is 6.00. The monoisotopic (exact) mass is 557 g/mol. The molecule has 1 atom stereocenters. The van der Waals surface area contributed by atoms with E-state index in [1.54, 1.807) is 18.2 Å². The van der Waals surface area contributed by atoms with E-state index in [9.17, 15) is 18.0 Å². The summed E-state index contributed by atoms with van der Waals surface area (Å²) in [6.07, 6.45) is 6.65. The van der Waals surface area contributed by atoms with Crippen molar-refractivity contribution in [2.24, 2.45) is 0 Å². The number of hydrogen-bond donors (Lipinski definition) is 1. The SMILES string of the molecule is CCC(C(=O)NC1CCCCC1)N(Cc1ccc(C)cc1)C(=O)CN(c1ccc2c(c1)OCCO2)S(C)(=O)=O. The van der Waals surface area contributed by atoms with Gasteiger partial charge >= 0.3 is 0 Å². The largest absolute Gasteiger partial charge is 0.486 e. The van der Waals surface area contributed by atoms with Crippen molar-refractivity contribution >= 4 is 27.5 Å². The molecule has 9 nitrogen and oxygen atoms in total. The van der Waals surface area contributed by atoms with E-state index in [0.717, 1.165) is 47.4 Å². The van der Waals surface area contributed by atoms with Gasteiger partial charge in [-0.15, -0.1) is 0 Å². The van der Waals surface area contributed by atoms with Crippen molar-refractivity contribution in [3.63, 3.8) is 0 Å². The van der Waals surface area contributed by atoms with Gasteiger partial charge in [-0.3, -0.25) is 13.9 Å². The first kappa shape index (κ1) is 28.7. The van der Waals surface area contributed by atoms with Gasteiger partial charge in [0.15, 0.2) is 11.5 Å². The van der Waals surface area contributed by atoms with Gasteiger partial charge in [0, 0.05) is 18.7 Å². The molecule has 0 saturated heterocycles. The Morgan fingerprint density at radius 1 is 1.00 bits per heavy atom. The summed E-state index contributed by atoms with van der Waals surface area (Å²) in [5, 5.41) is 3.15. The molecular weight excluding hydrogens is 518 g/mol. The van der Waals surface area contributed by atoms with Crippen molar-refractivity contribution in [1.29, 1.82) is 0 Å². The van der Waals surface area contributed by atoms with E-state index in [4.69, 9.17) is 9.47 Å². The van der Waals surface area contributed by atoms with Crippen LogP contribution in [0.25, 0.3) is 0 Å². The Labute approximate surface area is 231 Å². The molecule has 39 heavy (non-hydrogen) atoms. The smallest absolute Gasteiger partial charge is 0.244 e. The number of benzene rings is 2. The summed E-state index contributed by atoms with van der Waals surface area (Å²) >= 11 is 0. The minimum Gasteiger partial charge on any atom is -0.486 e. The molecule has 0 radical (unpaired) electrons. The zero-order valence-corrected chi connectivity index (χ0v) is 23.8. The van der Waals surface area contributed by atoms with Crippen molar-refractivity contribution in [1.82, 2.24) is 10.2 Å². The fraction of sp³-hybridized carbons (Fsp3) is 0.517. The molecule has 1 saturated carbocycles. The molecule has 1 unspecified atom stereocenters. The van der Waals surface area contributed by atoms with Gasteiger partial charge < -0.3 is 19.7 Å². The number of hydrogen-bond acceptors (Lipinski definition) is 6. The molecule has 212 valence electrons. The van der Waals surface area contributed by atoms with Crippen LogP contribution >= 0.6 is 0 Å². The Morgan fingerprint density at radius 2 is 1.67 bits per heavy atom. The fourth-order valence-electron chi connectivity index (χ4n) is 5.15. The summed E-state index contributed by atoms with van der Waals surface area (Å²) in [7, 11) is -3.84. The van der Waals surface area contributed by atoms with Crippen LogP contribution in [-0.2, 0) is 26.2 Å². The standard InChI is InChI=1S/C29H39N3O6S/c1-4-25(29(34)30-23-8-6-5-7-9-23)31(19-22-12-10-21(2)11-13-22)28(33)20-32(39(3,35)36)24-14-15-26-27(18-24)38-17-16-37-26/h10-15,18,23,25H,4-9,16-17,19-20H2,1-3H3,(H,30,34). The number of nitrogens with zero attached hydrogens (tertiary/aromatic N) is 2. The number of amides is 2. The van der Waals surface area contributed by atoms with Crippen molar-refractivity contribution in [2.45, 2.75) is 71.0 Å².